The first-order valence-corrected chi connectivity index (χ1v) is 16.6. The fraction of sp³-hybridized carbons (Fsp3) is 0.212. The lowest BCUT2D eigenvalue weighted by Gasteiger charge is -2.34. The van der Waals surface area contributed by atoms with Crippen LogP contribution in [0.25, 0.3) is 0 Å². The number of carbonyl (C=O) groups excluding carboxylic acids is 2. The Labute approximate surface area is 277 Å². The molecule has 13 heteroatoms. The lowest BCUT2D eigenvalue weighted by atomic mass is 10.0. The third-order valence-corrected chi connectivity index (χ3v) is 9.67. The first kappa shape index (κ1) is 34.4. The summed E-state index contributed by atoms with van der Waals surface area (Å²) in [6.45, 7) is 1.32. The molecule has 10 nitrogen and oxygen atoms in total. The maximum atomic E-state index is 14.5. The zero-order chi connectivity index (χ0) is 33.3. The quantitative estimate of drug-likeness (QED) is 0.123. The number of anilines is 1. The van der Waals surface area contributed by atoms with Crippen LogP contribution < -0.4 is 9.62 Å². The van der Waals surface area contributed by atoms with Crippen molar-refractivity contribution in [3.8, 4) is 0 Å². The van der Waals surface area contributed by atoms with E-state index in [0.29, 0.717) is 18.5 Å². The molecule has 0 saturated heterocycles. The number of halogens is 2. The molecular formula is C33H32Cl2N4O6S. The number of rotatable bonds is 14. The molecule has 0 aromatic heterocycles. The lowest BCUT2D eigenvalue weighted by Crippen LogP contribution is -2.53. The van der Waals surface area contributed by atoms with Crippen LogP contribution in [0.2, 0.25) is 10.0 Å². The summed E-state index contributed by atoms with van der Waals surface area (Å²) in [5.74, 6) is -1.16. The Morgan fingerprint density at radius 2 is 1.46 bits per heavy atom. The molecular weight excluding hydrogens is 651 g/mol. The number of nitrogens with zero attached hydrogens (tertiary/aromatic N) is 3. The van der Waals surface area contributed by atoms with E-state index in [1.165, 1.54) is 29.2 Å². The van der Waals surface area contributed by atoms with E-state index in [0.717, 1.165) is 22.0 Å². The van der Waals surface area contributed by atoms with Gasteiger partial charge in [0.2, 0.25) is 11.8 Å². The summed E-state index contributed by atoms with van der Waals surface area (Å²) in [6.07, 6.45) is 0.768. The summed E-state index contributed by atoms with van der Waals surface area (Å²) in [5, 5.41) is 14.7. The predicted octanol–water partition coefficient (Wildman–Crippen LogP) is 6.26. The molecule has 46 heavy (non-hydrogen) atoms. The van der Waals surface area contributed by atoms with Crippen molar-refractivity contribution < 1.29 is 22.9 Å². The summed E-state index contributed by atoms with van der Waals surface area (Å²) >= 11 is 13.0. The average Bonchev–Trinajstić information content (AvgIpc) is 3.06. The summed E-state index contributed by atoms with van der Waals surface area (Å²) in [4.78, 5) is 40.1. The molecule has 0 spiro atoms. The molecule has 4 rings (SSSR count). The highest BCUT2D eigenvalue weighted by Crippen LogP contribution is 2.29. The van der Waals surface area contributed by atoms with Gasteiger partial charge in [-0.15, -0.1) is 0 Å². The Bertz CT molecular complexity index is 1760. The fourth-order valence-electron chi connectivity index (χ4n) is 4.76. The van der Waals surface area contributed by atoms with Crippen molar-refractivity contribution in [3.05, 3.63) is 134 Å². The van der Waals surface area contributed by atoms with E-state index in [1.54, 1.807) is 36.4 Å². The minimum atomic E-state index is -4.36. The van der Waals surface area contributed by atoms with Crippen molar-refractivity contribution in [3.63, 3.8) is 0 Å². The summed E-state index contributed by atoms with van der Waals surface area (Å²) < 4.78 is 28.9. The smallest absolute Gasteiger partial charge is 0.269 e. The molecule has 4 aromatic rings. The topological polar surface area (TPSA) is 130 Å². The zero-order valence-corrected chi connectivity index (χ0v) is 27.2. The van der Waals surface area contributed by atoms with Crippen LogP contribution in [0.5, 0.6) is 0 Å². The summed E-state index contributed by atoms with van der Waals surface area (Å²) in [7, 11) is -4.36. The van der Waals surface area contributed by atoms with Gasteiger partial charge in [0.25, 0.3) is 15.7 Å². The van der Waals surface area contributed by atoms with E-state index >= 15 is 0 Å². The van der Waals surface area contributed by atoms with Gasteiger partial charge in [0.05, 0.1) is 15.5 Å². The molecule has 0 heterocycles. The van der Waals surface area contributed by atoms with Gasteiger partial charge in [0.15, 0.2) is 0 Å². The van der Waals surface area contributed by atoms with Crippen molar-refractivity contribution in [2.24, 2.45) is 0 Å². The molecule has 240 valence electrons. The van der Waals surface area contributed by atoms with E-state index in [4.69, 9.17) is 23.2 Å². The average molecular weight is 684 g/mol. The normalized spacial score (nSPS) is 11.8. The monoisotopic (exact) mass is 682 g/mol. The van der Waals surface area contributed by atoms with E-state index in [2.05, 4.69) is 5.32 Å². The molecule has 0 fully saturated rings. The van der Waals surface area contributed by atoms with Gasteiger partial charge in [-0.25, -0.2) is 8.42 Å². The van der Waals surface area contributed by atoms with Crippen molar-refractivity contribution >= 4 is 56.4 Å². The number of carbonyl (C=O) groups is 2. The summed E-state index contributed by atoms with van der Waals surface area (Å²) in [5.41, 5.74) is 0.922. The van der Waals surface area contributed by atoms with Gasteiger partial charge < -0.3 is 10.2 Å². The fourth-order valence-corrected chi connectivity index (χ4v) is 6.71. The van der Waals surface area contributed by atoms with Crippen LogP contribution >= 0.6 is 23.2 Å². The number of amides is 2. The molecule has 0 saturated carbocycles. The Morgan fingerprint density at radius 3 is 2.02 bits per heavy atom. The van der Waals surface area contributed by atoms with E-state index < -0.39 is 39.3 Å². The molecule has 1 atom stereocenters. The van der Waals surface area contributed by atoms with Gasteiger partial charge >= 0.3 is 0 Å². The van der Waals surface area contributed by atoms with Gasteiger partial charge in [0.1, 0.15) is 12.6 Å². The molecule has 0 aliphatic carbocycles. The second kappa shape index (κ2) is 15.7. The Balaban J connectivity index is 1.83. The highest BCUT2D eigenvalue weighted by Gasteiger charge is 2.35. The Morgan fingerprint density at radius 1 is 0.870 bits per heavy atom. The van der Waals surface area contributed by atoms with Crippen LogP contribution in [0, 0.1) is 10.1 Å². The number of nitro groups is 1. The van der Waals surface area contributed by atoms with Crippen molar-refractivity contribution in [1.82, 2.24) is 10.2 Å². The molecule has 0 bridgehead atoms. The minimum Gasteiger partial charge on any atom is -0.354 e. The van der Waals surface area contributed by atoms with Crippen LogP contribution in [-0.2, 0) is 32.6 Å². The number of nitro benzene ring substituents is 1. The standard InChI is InChI=1S/C33H32Cl2N4O6S/c1-2-20-36-33(41)31(21-24-10-5-3-6-11-24)37(22-28-29(34)14-9-15-30(28)35)32(40)23-38(25-16-18-26(19-17-25)39(42)43)46(44,45)27-12-7-4-8-13-27/h3-19,31H,2,20-23H2,1H3,(H,36,41). The maximum Gasteiger partial charge on any atom is 0.269 e. The van der Waals surface area contributed by atoms with E-state index in [1.807, 2.05) is 37.3 Å². The minimum absolute atomic E-state index is 0.0218. The van der Waals surface area contributed by atoms with E-state index in [9.17, 15) is 28.1 Å². The predicted molar refractivity (Wildman–Crippen MR) is 178 cm³/mol. The number of nitrogens with one attached hydrogen (secondary N) is 1. The first-order valence-electron chi connectivity index (χ1n) is 14.4. The number of sulfonamides is 1. The van der Waals surface area contributed by atoms with Gasteiger partial charge in [0, 0.05) is 47.3 Å². The SMILES string of the molecule is CCCNC(=O)C(Cc1ccccc1)N(Cc1c(Cl)cccc1Cl)C(=O)CN(c1ccc([N+](=O)[O-])cc1)S(=O)(=O)c1ccccc1. The van der Waals surface area contributed by atoms with Crippen LogP contribution in [0.4, 0.5) is 11.4 Å². The number of hydrogen-bond acceptors (Lipinski definition) is 6. The molecule has 0 aliphatic rings. The maximum absolute atomic E-state index is 14.5. The molecule has 2 amide bonds. The molecule has 1 N–H and O–H groups in total. The third kappa shape index (κ3) is 8.42. The summed E-state index contributed by atoms with van der Waals surface area (Å²) in [6, 6.07) is 25.3. The number of benzene rings is 4. The van der Waals surface area contributed by atoms with Gasteiger partial charge in [-0.3, -0.25) is 24.0 Å². The van der Waals surface area contributed by atoms with E-state index in [-0.39, 0.29) is 39.3 Å². The zero-order valence-electron chi connectivity index (χ0n) is 24.9. The molecule has 0 aliphatic heterocycles. The van der Waals surface area contributed by atoms with Gasteiger partial charge in [-0.05, 0) is 48.4 Å². The number of hydrogen-bond donors (Lipinski definition) is 1. The van der Waals surface area contributed by atoms with Crippen LogP contribution in [0.15, 0.2) is 108 Å². The van der Waals surface area contributed by atoms with Crippen LogP contribution in [-0.4, -0.2) is 49.2 Å². The van der Waals surface area contributed by atoms with Crippen LogP contribution in [0.1, 0.15) is 24.5 Å². The van der Waals surface area contributed by atoms with Crippen molar-refractivity contribution in [1.29, 1.82) is 0 Å². The molecule has 0 radical (unpaired) electrons. The molecule has 1 unspecified atom stereocenters. The largest absolute Gasteiger partial charge is 0.354 e. The Hall–Kier alpha value is -4.45. The highest BCUT2D eigenvalue weighted by atomic mass is 35.5. The number of non-ortho nitro benzene ring substituents is 1. The molecule has 4 aromatic carbocycles. The van der Waals surface area contributed by atoms with Gasteiger partial charge in [-0.2, -0.15) is 0 Å². The van der Waals surface area contributed by atoms with Crippen LogP contribution in [0.3, 0.4) is 0 Å². The van der Waals surface area contributed by atoms with Crippen molar-refractivity contribution in [2.45, 2.75) is 37.2 Å². The van der Waals surface area contributed by atoms with Gasteiger partial charge in [-0.1, -0.05) is 84.7 Å². The Kier molecular flexibility index (Phi) is 11.8. The van der Waals surface area contributed by atoms with Crippen molar-refractivity contribution in [2.75, 3.05) is 17.4 Å². The second-order valence-corrected chi connectivity index (χ2v) is 13.0. The highest BCUT2D eigenvalue weighted by molar-refractivity contribution is 7.92. The first-order chi connectivity index (χ1) is 22.0. The lowest BCUT2D eigenvalue weighted by molar-refractivity contribution is -0.384. The third-order valence-electron chi connectivity index (χ3n) is 7.17. The second-order valence-electron chi connectivity index (χ2n) is 10.3.